The van der Waals surface area contributed by atoms with Crippen molar-refractivity contribution in [3.63, 3.8) is 0 Å². The van der Waals surface area contributed by atoms with Crippen molar-refractivity contribution < 1.29 is 14.7 Å². The highest BCUT2D eigenvalue weighted by molar-refractivity contribution is 14.1. The fourth-order valence-electron chi connectivity index (χ4n) is 1.31. The van der Waals surface area contributed by atoms with Crippen LogP contribution in [0.2, 0.25) is 0 Å². The molecule has 2 amide bonds. The summed E-state index contributed by atoms with van der Waals surface area (Å²) in [6.45, 7) is 0.476. The van der Waals surface area contributed by atoms with Crippen LogP contribution in [0.5, 0.6) is 0 Å². The number of rotatable bonds is 6. The van der Waals surface area contributed by atoms with Crippen molar-refractivity contribution in [1.29, 1.82) is 0 Å². The third-order valence-corrected chi connectivity index (χ3v) is 2.92. The number of anilines is 1. The second kappa shape index (κ2) is 7.91. The Morgan fingerprint density at radius 1 is 1.17 bits per heavy atom. The van der Waals surface area contributed by atoms with Gasteiger partial charge in [0.1, 0.15) is 0 Å². The fourth-order valence-corrected chi connectivity index (χ4v) is 1.67. The van der Waals surface area contributed by atoms with Gasteiger partial charge >= 0.3 is 12.0 Å². The number of amides is 2. The molecule has 18 heavy (non-hydrogen) atoms. The highest BCUT2D eigenvalue weighted by atomic mass is 127. The lowest BCUT2D eigenvalue weighted by Crippen LogP contribution is -2.29. The smallest absolute Gasteiger partial charge is 0.319 e. The number of nitrogens with one attached hydrogen (secondary N) is 2. The molecule has 0 bridgehead atoms. The average Bonchev–Trinajstić information content (AvgIpc) is 2.31. The highest BCUT2D eigenvalue weighted by Gasteiger charge is 2.01. The summed E-state index contributed by atoms with van der Waals surface area (Å²) in [6, 6.07) is 7.19. The van der Waals surface area contributed by atoms with Gasteiger partial charge in [-0.3, -0.25) is 4.79 Å². The van der Waals surface area contributed by atoms with Gasteiger partial charge < -0.3 is 15.7 Å². The summed E-state index contributed by atoms with van der Waals surface area (Å²) >= 11 is 2.19. The molecule has 0 unspecified atom stereocenters. The van der Waals surface area contributed by atoms with Gasteiger partial charge in [-0.05, 0) is 59.7 Å². The van der Waals surface area contributed by atoms with E-state index in [1.165, 1.54) is 0 Å². The summed E-state index contributed by atoms with van der Waals surface area (Å²) in [6.07, 6.45) is 1.37. The predicted molar refractivity (Wildman–Crippen MR) is 77.7 cm³/mol. The van der Waals surface area contributed by atoms with Crippen LogP contribution in [0.3, 0.4) is 0 Å². The summed E-state index contributed by atoms with van der Waals surface area (Å²) in [5.74, 6) is -0.807. The van der Waals surface area contributed by atoms with Gasteiger partial charge in [-0.25, -0.2) is 4.79 Å². The molecule has 98 valence electrons. The Morgan fingerprint density at radius 2 is 1.83 bits per heavy atom. The Kier molecular flexibility index (Phi) is 6.48. The number of unbranched alkanes of at least 4 members (excludes halogenated alkanes) is 1. The van der Waals surface area contributed by atoms with Crippen LogP contribution >= 0.6 is 22.6 Å². The normalized spacial score (nSPS) is 9.83. The molecule has 0 aliphatic heterocycles. The molecule has 3 N–H and O–H groups in total. The van der Waals surface area contributed by atoms with E-state index in [-0.39, 0.29) is 12.5 Å². The molecular weight excluding hydrogens is 347 g/mol. The van der Waals surface area contributed by atoms with Crippen LogP contribution in [0, 0.1) is 3.57 Å². The first-order valence-electron chi connectivity index (χ1n) is 5.60. The molecule has 0 aliphatic rings. The first-order valence-corrected chi connectivity index (χ1v) is 6.68. The van der Waals surface area contributed by atoms with Gasteiger partial charge in [0.25, 0.3) is 0 Å². The zero-order chi connectivity index (χ0) is 13.4. The quantitative estimate of drug-likeness (QED) is 0.538. The minimum absolute atomic E-state index is 0.139. The molecule has 1 aromatic rings. The number of aliphatic carboxylic acids is 1. The van der Waals surface area contributed by atoms with Crippen molar-refractivity contribution in [3.8, 4) is 0 Å². The SMILES string of the molecule is O=C(O)CCCCNC(=O)Nc1ccc(I)cc1. The minimum atomic E-state index is -0.807. The summed E-state index contributed by atoms with van der Waals surface area (Å²) in [5.41, 5.74) is 0.735. The van der Waals surface area contributed by atoms with Crippen molar-refractivity contribution in [1.82, 2.24) is 5.32 Å². The highest BCUT2D eigenvalue weighted by Crippen LogP contribution is 2.10. The van der Waals surface area contributed by atoms with Crippen molar-refractivity contribution in [2.75, 3.05) is 11.9 Å². The molecular formula is C12H15IN2O3. The van der Waals surface area contributed by atoms with E-state index in [9.17, 15) is 9.59 Å². The fraction of sp³-hybridized carbons (Fsp3) is 0.333. The molecule has 5 nitrogen and oxygen atoms in total. The first kappa shape index (κ1) is 14.7. The number of halogens is 1. The maximum atomic E-state index is 11.5. The number of carboxylic acid groups (broad SMARTS) is 1. The van der Waals surface area contributed by atoms with Gasteiger partial charge in [0, 0.05) is 22.2 Å². The zero-order valence-corrected chi connectivity index (χ0v) is 11.9. The molecule has 0 saturated heterocycles. The summed E-state index contributed by atoms with van der Waals surface area (Å²) in [5, 5.41) is 13.8. The first-order chi connectivity index (χ1) is 8.58. The number of hydrogen-bond donors (Lipinski definition) is 3. The molecule has 0 radical (unpaired) electrons. The zero-order valence-electron chi connectivity index (χ0n) is 9.78. The summed E-state index contributed by atoms with van der Waals surface area (Å²) < 4.78 is 1.10. The van der Waals surface area contributed by atoms with Crippen molar-refractivity contribution >= 4 is 40.3 Å². The Labute approximate surface area is 119 Å². The van der Waals surface area contributed by atoms with E-state index in [0.717, 1.165) is 9.26 Å². The number of carboxylic acids is 1. The number of hydrogen-bond acceptors (Lipinski definition) is 2. The monoisotopic (exact) mass is 362 g/mol. The number of carbonyl (C=O) groups is 2. The van der Waals surface area contributed by atoms with Crippen molar-refractivity contribution in [2.24, 2.45) is 0 Å². The molecule has 0 fully saturated rings. The van der Waals surface area contributed by atoms with Crippen LogP contribution in [0.15, 0.2) is 24.3 Å². The van der Waals surface area contributed by atoms with E-state index in [1.807, 2.05) is 24.3 Å². The number of benzene rings is 1. The lowest BCUT2D eigenvalue weighted by atomic mass is 10.2. The molecule has 0 spiro atoms. The second-order valence-electron chi connectivity index (χ2n) is 3.74. The molecule has 0 aliphatic carbocycles. The Balaban J connectivity index is 2.17. The lowest BCUT2D eigenvalue weighted by Gasteiger charge is -2.07. The van der Waals surface area contributed by atoms with E-state index in [2.05, 4.69) is 33.2 Å². The van der Waals surface area contributed by atoms with E-state index >= 15 is 0 Å². The van der Waals surface area contributed by atoms with E-state index < -0.39 is 5.97 Å². The van der Waals surface area contributed by atoms with Gasteiger partial charge in [-0.15, -0.1) is 0 Å². The van der Waals surface area contributed by atoms with Crippen LogP contribution in [0.4, 0.5) is 10.5 Å². The van der Waals surface area contributed by atoms with Gasteiger partial charge in [0.2, 0.25) is 0 Å². The van der Waals surface area contributed by atoms with Gasteiger partial charge in [-0.1, -0.05) is 0 Å². The van der Waals surface area contributed by atoms with Gasteiger partial charge in [-0.2, -0.15) is 0 Å². The van der Waals surface area contributed by atoms with E-state index in [4.69, 9.17) is 5.11 Å². The van der Waals surface area contributed by atoms with Crippen molar-refractivity contribution in [2.45, 2.75) is 19.3 Å². The Bertz CT molecular complexity index is 406. The molecule has 1 rings (SSSR count). The predicted octanol–water partition coefficient (Wildman–Crippen LogP) is 2.67. The van der Waals surface area contributed by atoms with Gasteiger partial charge in [0.15, 0.2) is 0 Å². The molecule has 0 heterocycles. The molecule has 0 aromatic heterocycles. The minimum Gasteiger partial charge on any atom is -0.481 e. The Hall–Kier alpha value is -1.31. The average molecular weight is 362 g/mol. The maximum absolute atomic E-state index is 11.5. The molecule has 1 aromatic carbocycles. The number of carbonyl (C=O) groups excluding carboxylic acids is 1. The van der Waals surface area contributed by atoms with Gasteiger partial charge in [0.05, 0.1) is 0 Å². The largest absolute Gasteiger partial charge is 0.481 e. The third-order valence-electron chi connectivity index (χ3n) is 2.21. The summed E-state index contributed by atoms with van der Waals surface area (Å²) in [4.78, 5) is 21.7. The van der Waals surface area contributed by atoms with Crippen LogP contribution in [-0.4, -0.2) is 23.7 Å². The summed E-state index contributed by atoms with van der Waals surface area (Å²) in [7, 11) is 0. The van der Waals surface area contributed by atoms with E-state index in [1.54, 1.807) is 0 Å². The lowest BCUT2D eigenvalue weighted by molar-refractivity contribution is -0.137. The maximum Gasteiger partial charge on any atom is 0.319 e. The van der Waals surface area contributed by atoms with Crippen LogP contribution in [0.25, 0.3) is 0 Å². The van der Waals surface area contributed by atoms with Crippen LogP contribution in [-0.2, 0) is 4.79 Å². The molecule has 0 atom stereocenters. The number of urea groups is 1. The Morgan fingerprint density at radius 3 is 2.44 bits per heavy atom. The second-order valence-corrected chi connectivity index (χ2v) is 4.98. The third kappa shape index (κ3) is 6.43. The van der Waals surface area contributed by atoms with E-state index in [0.29, 0.717) is 19.4 Å². The van der Waals surface area contributed by atoms with Crippen LogP contribution < -0.4 is 10.6 Å². The van der Waals surface area contributed by atoms with Crippen molar-refractivity contribution in [3.05, 3.63) is 27.8 Å². The van der Waals surface area contributed by atoms with Crippen LogP contribution in [0.1, 0.15) is 19.3 Å². The molecule has 6 heteroatoms. The molecule has 0 saturated carbocycles. The standard InChI is InChI=1S/C12H15IN2O3/c13-9-4-6-10(7-5-9)15-12(18)14-8-2-1-3-11(16)17/h4-7H,1-3,8H2,(H,16,17)(H2,14,15,18). The topological polar surface area (TPSA) is 78.4 Å².